The van der Waals surface area contributed by atoms with Gasteiger partial charge in [0.15, 0.2) is 0 Å². The average molecular weight is 330 g/mol. The maximum absolute atomic E-state index is 12.4. The number of nitrogens with zero attached hydrogens (tertiary/aromatic N) is 2. The van der Waals surface area contributed by atoms with E-state index < -0.39 is 11.4 Å². The largest absolute Gasteiger partial charge is 0.372 e. The highest BCUT2D eigenvalue weighted by atomic mass is 16.2. The van der Waals surface area contributed by atoms with Gasteiger partial charge in [0.05, 0.1) is 5.69 Å². The highest BCUT2D eigenvalue weighted by Crippen LogP contribution is 2.32. The van der Waals surface area contributed by atoms with Gasteiger partial charge in [-0.3, -0.25) is 15.4 Å². The molecule has 130 valence electrons. The van der Waals surface area contributed by atoms with Crippen LogP contribution in [0.2, 0.25) is 0 Å². The number of carbonyl (C=O) groups excluding carboxylic acids is 2. The molecule has 0 spiro atoms. The van der Waals surface area contributed by atoms with Gasteiger partial charge in [0, 0.05) is 18.8 Å². The highest BCUT2D eigenvalue weighted by molar-refractivity contribution is 6.21. The monoisotopic (exact) mass is 330 g/mol. The third-order valence-corrected chi connectivity index (χ3v) is 4.77. The minimum absolute atomic E-state index is 0.283. The molecule has 0 aliphatic carbocycles. The molecule has 1 fully saturated rings. The van der Waals surface area contributed by atoms with Gasteiger partial charge < -0.3 is 4.90 Å². The molecule has 1 aromatic carbocycles. The van der Waals surface area contributed by atoms with Crippen molar-refractivity contribution in [3.05, 3.63) is 24.3 Å². The van der Waals surface area contributed by atoms with E-state index in [0.717, 1.165) is 24.5 Å². The topological polar surface area (TPSA) is 73.8 Å². The summed E-state index contributed by atoms with van der Waals surface area (Å²) in [5.41, 5.74) is 1.07. The molecule has 1 aromatic rings. The van der Waals surface area contributed by atoms with Crippen LogP contribution in [0.5, 0.6) is 0 Å². The first-order chi connectivity index (χ1) is 11.5. The van der Waals surface area contributed by atoms with Gasteiger partial charge in [-0.25, -0.2) is 9.79 Å². The molecule has 6 heteroatoms. The number of benzene rings is 1. The molecule has 2 rings (SSSR count). The van der Waals surface area contributed by atoms with Crippen LogP contribution < -0.4 is 15.5 Å². The Morgan fingerprint density at radius 2 is 1.54 bits per heavy atom. The molecule has 0 unspecified atom stereocenters. The van der Waals surface area contributed by atoms with Crippen LogP contribution in [-0.4, -0.2) is 30.9 Å². The number of hydrogen-bond acceptors (Lipinski definition) is 4. The minimum atomic E-state index is -0.786. The summed E-state index contributed by atoms with van der Waals surface area (Å²) >= 11 is 0. The van der Waals surface area contributed by atoms with E-state index in [9.17, 15) is 9.59 Å². The van der Waals surface area contributed by atoms with Crippen molar-refractivity contribution in [2.24, 2.45) is 10.4 Å². The van der Waals surface area contributed by atoms with Crippen molar-refractivity contribution in [2.75, 3.05) is 18.0 Å². The molecule has 0 aromatic heterocycles. The number of amidine groups is 1. The van der Waals surface area contributed by atoms with Crippen LogP contribution in [0.4, 0.5) is 16.2 Å². The van der Waals surface area contributed by atoms with E-state index in [1.807, 2.05) is 38.1 Å². The fraction of sp³-hybridized carbons (Fsp3) is 0.500. The summed E-state index contributed by atoms with van der Waals surface area (Å²) in [5, 5.41) is 5.07. The van der Waals surface area contributed by atoms with Gasteiger partial charge in [0.25, 0.3) is 0 Å². The lowest BCUT2D eigenvalue weighted by atomic mass is 9.78. The molecule has 0 radical (unpaired) electrons. The van der Waals surface area contributed by atoms with Gasteiger partial charge in [-0.05, 0) is 51.0 Å². The third-order valence-electron chi connectivity index (χ3n) is 4.77. The molecule has 1 aliphatic rings. The van der Waals surface area contributed by atoms with E-state index >= 15 is 0 Å². The van der Waals surface area contributed by atoms with Crippen LogP contribution in [0.15, 0.2) is 29.3 Å². The summed E-state index contributed by atoms with van der Waals surface area (Å²) in [7, 11) is 0. The first kappa shape index (κ1) is 18.0. The van der Waals surface area contributed by atoms with E-state index in [2.05, 4.69) is 34.4 Å². The Morgan fingerprint density at radius 1 is 0.958 bits per heavy atom. The van der Waals surface area contributed by atoms with Gasteiger partial charge in [-0.2, -0.15) is 0 Å². The number of imide groups is 1. The normalized spacial score (nSPS) is 18.2. The van der Waals surface area contributed by atoms with Gasteiger partial charge in [-0.15, -0.1) is 0 Å². The summed E-state index contributed by atoms with van der Waals surface area (Å²) < 4.78 is 0. The number of nitrogens with one attached hydrogen (secondary N) is 2. The van der Waals surface area contributed by atoms with E-state index in [0.29, 0.717) is 18.7 Å². The Kier molecular flexibility index (Phi) is 5.59. The zero-order chi connectivity index (χ0) is 17.7. The number of aliphatic imine (C=N–C) groups is 1. The molecule has 2 N–H and O–H groups in total. The van der Waals surface area contributed by atoms with Crippen molar-refractivity contribution in [1.29, 1.82) is 0 Å². The third kappa shape index (κ3) is 3.27. The minimum Gasteiger partial charge on any atom is -0.372 e. The van der Waals surface area contributed by atoms with Crippen LogP contribution in [0.3, 0.4) is 0 Å². The number of urea groups is 1. The van der Waals surface area contributed by atoms with Crippen molar-refractivity contribution in [3.8, 4) is 0 Å². The Morgan fingerprint density at radius 3 is 2.04 bits per heavy atom. The molecular formula is C18H26N4O2. The first-order valence-electron chi connectivity index (χ1n) is 8.57. The predicted molar refractivity (Wildman–Crippen MR) is 96.8 cm³/mol. The fourth-order valence-electron chi connectivity index (χ4n) is 3.09. The average Bonchev–Trinajstić information content (AvgIpc) is 2.58. The molecule has 3 amide bonds. The lowest BCUT2D eigenvalue weighted by molar-refractivity contribution is -0.127. The standard InChI is InChI=1S/C18H26N4O2/c1-5-18(6-2)15(20-17(24)21-16(18)23)19-13-9-11-14(12-10-13)22(7-3)8-4/h9-12H,5-8H2,1-4H3,(H2,19,20,21,23,24). The van der Waals surface area contributed by atoms with Crippen molar-refractivity contribution in [2.45, 2.75) is 40.5 Å². The molecule has 0 atom stereocenters. The second-order valence-electron chi connectivity index (χ2n) is 5.85. The molecular weight excluding hydrogens is 304 g/mol. The molecule has 1 aliphatic heterocycles. The maximum Gasteiger partial charge on any atom is 0.326 e. The number of anilines is 1. The summed E-state index contributed by atoms with van der Waals surface area (Å²) in [6.07, 6.45) is 1.15. The van der Waals surface area contributed by atoms with Crippen LogP contribution >= 0.6 is 0 Å². The summed E-state index contributed by atoms with van der Waals surface area (Å²) in [5.74, 6) is 0.145. The van der Waals surface area contributed by atoms with Crippen LogP contribution in [-0.2, 0) is 4.79 Å². The Hall–Kier alpha value is -2.37. The predicted octanol–water partition coefficient (Wildman–Crippen LogP) is 3.21. The SMILES string of the molecule is CCN(CC)c1ccc(N=C2NC(=O)NC(=O)C2(CC)CC)cc1. The van der Waals surface area contributed by atoms with Crippen LogP contribution in [0, 0.1) is 5.41 Å². The molecule has 6 nitrogen and oxygen atoms in total. The zero-order valence-corrected chi connectivity index (χ0v) is 14.8. The van der Waals surface area contributed by atoms with Gasteiger partial charge in [-0.1, -0.05) is 13.8 Å². The fourth-order valence-corrected chi connectivity index (χ4v) is 3.09. The van der Waals surface area contributed by atoms with Crippen molar-refractivity contribution >= 4 is 29.1 Å². The summed E-state index contributed by atoms with van der Waals surface area (Å²) in [4.78, 5) is 30.9. The van der Waals surface area contributed by atoms with Crippen molar-refractivity contribution < 1.29 is 9.59 Å². The van der Waals surface area contributed by atoms with Crippen LogP contribution in [0.25, 0.3) is 0 Å². The number of hydrogen-bond donors (Lipinski definition) is 2. The van der Waals surface area contributed by atoms with E-state index in [-0.39, 0.29) is 5.91 Å². The smallest absolute Gasteiger partial charge is 0.326 e. The van der Waals surface area contributed by atoms with E-state index in [4.69, 9.17) is 0 Å². The number of rotatable bonds is 6. The lowest BCUT2D eigenvalue weighted by Gasteiger charge is -2.35. The zero-order valence-electron chi connectivity index (χ0n) is 14.8. The van der Waals surface area contributed by atoms with Gasteiger partial charge in [0.2, 0.25) is 5.91 Å². The highest BCUT2D eigenvalue weighted by Gasteiger charge is 2.45. The molecule has 0 saturated carbocycles. The molecule has 24 heavy (non-hydrogen) atoms. The van der Waals surface area contributed by atoms with Crippen molar-refractivity contribution in [3.63, 3.8) is 0 Å². The second-order valence-corrected chi connectivity index (χ2v) is 5.85. The quantitative estimate of drug-likeness (QED) is 0.841. The Balaban J connectivity index is 2.36. The van der Waals surface area contributed by atoms with E-state index in [1.165, 1.54) is 0 Å². The summed E-state index contributed by atoms with van der Waals surface area (Å²) in [6.45, 7) is 9.97. The van der Waals surface area contributed by atoms with E-state index in [1.54, 1.807) is 0 Å². The van der Waals surface area contributed by atoms with Crippen molar-refractivity contribution in [1.82, 2.24) is 10.6 Å². The van der Waals surface area contributed by atoms with Gasteiger partial charge >= 0.3 is 6.03 Å². The Labute approximate surface area is 143 Å². The number of carbonyl (C=O) groups is 2. The number of amides is 3. The first-order valence-corrected chi connectivity index (χ1v) is 8.57. The Bertz CT molecular complexity index is 629. The molecule has 1 heterocycles. The molecule has 1 saturated heterocycles. The van der Waals surface area contributed by atoms with Gasteiger partial charge in [0.1, 0.15) is 11.3 Å². The molecule has 0 bridgehead atoms. The maximum atomic E-state index is 12.4. The lowest BCUT2D eigenvalue weighted by Crippen LogP contribution is -2.62. The van der Waals surface area contributed by atoms with Crippen LogP contribution in [0.1, 0.15) is 40.5 Å². The second kappa shape index (κ2) is 7.47. The summed E-state index contributed by atoms with van der Waals surface area (Å²) in [6, 6.07) is 7.33.